The first-order chi connectivity index (χ1) is 10.6. The molecule has 1 aromatic rings. The Labute approximate surface area is 139 Å². The summed E-state index contributed by atoms with van der Waals surface area (Å²) in [6.45, 7) is 5.98. The summed E-state index contributed by atoms with van der Waals surface area (Å²) in [5, 5.41) is 9.03. The molecule has 2 heterocycles. The van der Waals surface area contributed by atoms with Crippen LogP contribution in [0.1, 0.15) is 18.4 Å². The molecule has 2 aliphatic heterocycles. The van der Waals surface area contributed by atoms with Crippen molar-refractivity contribution in [3.05, 3.63) is 28.2 Å². The van der Waals surface area contributed by atoms with E-state index in [9.17, 15) is 4.79 Å². The molecule has 2 fully saturated rings. The largest absolute Gasteiger partial charge is 0.465 e. The quantitative estimate of drug-likeness (QED) is 0.892. The summed E-state index contributed by atoms with van der Waals surface area (Å²) >= 11 is 3.58. The number of carboxylic acid groups (broad SMARTS) is 1. The highest BCUT2D eigenvalue weighted by atomic mass is 79.9. The number of amides is 1. The number of rotatable bonds is 3. The van der Waals surface area contributed by atoms with Gasteiger partial charge in [0.05, 0.1) is 0 Å². The highest BCUT2D eigenvalue weighted by molar-refractivity contribution is 9.10. The smallest absolute Gasteiger partial charge is 0.407 e. The summed E-state index contributed by atoms with van der Waals surface area (Å²) in [5.74, 6) is 0. The van der Waals surface area contributed by atoms with Crippen molar-refractivity contribution in [3.8, 4) is 0 Å². The Kier molecular flexibility index (Phi) is 4.88. The fourth-order valence-electron chi connectivity index (χ4n) is 3.26. The van der Waals surface area contributed by atoms with Crippen LogP contribution in [0, 0.1) is 0 Å². The fourth-order valence-corrected chi connectivity index (χ4v) is 3.61. The van der Waals surface area contributed by atoms with Crippen LogP contribution in [-0.2, 0) is 6.54 Å². The van der Waals surface area contributed by atoms with E-state index in [0.717, 1.165) is 37.2 Å². The highest BCUT2D eigenvalue weighted by Crippen LogP contribution is 2.29. The van der Waals surface area contributed by atoms with Crippen LogP contribution in [0.5, 0.6) is 0 Å². The van der Waals surface area contributed by atoms with E-state index < -0.39 is 6.09 Å². The molecule has 1 aromatic carbocycles. The predicted molar refractivity (Wildman–Crippen MR) is 90.5 cm³/mol. The van der Waals surface area contributed by atoms with Gasteiger partial charge >= 0.3 is 6.09 Å². The zero-order valence-corrected chi connectivity index (χ0v) is 14.3. The van der Waals surface area contributed by atoms with Crippen molar-refractivity contribution in [1.82, 2.24) is 9.80 Å². The number of hydrogen-bond donors (Lipinski definition) is 1. The van der Waals surface area contributed by atoms with E-state index >= 15 is 0 Å². The summed E-state index contributed by atoms with van der Waals surface area (Å²) in [4.78, 5) is 17.3. The molecule has 120 valence electrons. The summed E-state index contributed by atoms with van der Waals surface area (Å²) < 4.78 is 1.12. The number of nitrogens with zero attached hydrogens (tertiary/aromatic N) is 3. The number of anilines is 1. The number of carbonyl (C=O) groups is 1. The molecule has 5 nitrogen and oxygen atoms in total. The van der Waals surface area contributed by atoms with Gasteiger partial charge in [-0.2, -0.15) is 0 Å². The van der Waals surface area contributed by atoms with Crippen LogP contribution < -0.4 is 4.90 Å². The van der Waals surface area contributed by atoms with Gasteiger partial charge in [-0.05, 0) is 30.5 Å². The van der Waals surface area contributed by atoms with Crippen LogP contribution in [0.2, 0.25) is 0 Å². The van der Waals surface area contributed by atoms with Crippen molar-refractivity contribution in [1.29, 1.82) is 0 Å². The van der Waals surface area contributed by atoms with Gasteiger partial charge < -0.3 is 14.9 Å². The van der Waals surface area contributed by atoms with Gasteiger partial charge in [0.1, 0.15) is 0 Å². The number of piperazine rings is 1. The maximum absolute atomic E-state index is 11.0. The molecule has 1 amide bonds. The minimum atomic E-state index is -0.805. The Hall–Kier alpha value is -1.27. The van der Waals surface area contributed by atoms with Crippen LogP contribution >= 0.6 is 15.9 Å². The van der Waals surface area contributed by atoms with Crippen LogP contribution in [0.25, 0.3) is 0 Å². The van der Waals surface area contributed by atoms with Crippen molar-refractivity contribution in [2.75, 3.05) is 44.2 Å². The molecule has 0 spiro atoms. The topological polar surface area (TPSA) is 47.0 Å². The summed E-state index contributed by atoms with van der Waals surface area (Å²) in [7, 11) is 0. The molecule has 2 aliphatic rings. The summed E-state index contributed by atoms with van der Waals surface area (Å²) in [6.07, 6.45) is 1.73. The first-order valence-corrected chi connectivity index (χ1v) is 8.66. The van der Waals surface area contributed by atoms with Gasteiger partial charge in [0.15, 0.2) is 0 Å². The van der Waals surface area contributed by atoms with Crippen LogP contribution in [-0.4, -0.2) is 60.3 Å². The van der Waals surface area contributed by atoms with Crippen molar-refractivity contribution in [3.63, 3.8) is 0 Å². The van der Waals surface area contributed by atoms with Crippen LogP contribution in [0.15, 0.2) is 22.7 Å². The third kappa shape index (κ3) is 3.55. The Balaban J connectivity index is 1.68. The maximum atomic E-state index is 11.0. The van der Waals surface area contributed by atoms with E-state index in [1.165, 1.54) is 29.0 Å². The molecule has 6 heteroatoms. The lowest BCUT2D eigenvalue weighted by Gasteiger charge is -2.34. The van der Waals surface area contributed by atoms with Crippen molar-refractivity contribution < 1.29 is 9.90 Å². The van der Waals surface area contributed by atoms with E-state index in [2.05, 4.69) is 43.9 Å². The van der Waals surface area contributed by atoms with Crippen molar-refractivity contribution >= 4 is 27.7 Å². The molecular formula is C16H22BrN3O2. The average molecular weight is 368 g/mol. The second-order valence-corrected chi connectivity index (χ2v) is 6.93. The molecular weight excluding hydrogens is 346 g/mol. The molecule has 0 aliphatic carbocycles. The summed E-state index contributed by atoms with van der Waals surface area (Å²) in [5.41, 5.74) is 2.67. The first-order valence-electron chi connectivity index (χ1n) is 7.87. The lowest BCUT2D eigenvalue weighted by atomic mass is 10.1. The van der Waals surface area contributed by atoms with Gasteiger partial charge in [-0.3, -0.25) is 4.90 Å². The van der Waals surface area contributed by atoms with Crippen molar-refractivity contribution in [2.24, 2.45) is 0 Å². The zero-order valence-electron chi connectivity index (χ0n) is 12.7. The molecule has 0 aromatic heterocycles. The molecule has 0 radical (unpaired) electrons. The Morgan fingerprint density at radius 2 is 1.77 bits per heavy atom. The lowest BCUT2D eigenvalue weighted by Crippen LogP contribution is -2.47. The van der Waals surface area contributed by atoms with Gasteiger partial charge in [0, 0.05) is 56.0 Å². The third-order valence-electron chi connectivity index (χ3n) is 4.53. The normalized spacial score (nSPS) is 19.7. The van der Waals surface area contributed by atoms with E-state index in [1.54, 1.807) is 0 Å². The maximum Gasteiger partial charge on any atom is 0.407 e. The molecule has 2 saturated heterocycles. The van der Waals surface area contributed by atoms with Crippen LogP contribution in [0.4, 0.5) is 10.5 Å². The Morgan fingerprint density at radius 1 is 1.09 bits per heavy atom. The predicted octanol–water partition coefficient (Wildman–Crippen LogP) is 2.84. The standard InChI is InChI=1S/C16H22BrN3O2/c17-14-4-3-13(15(11-14)19-5-1-2-6-19)12-18-7-9-20(10-8-18)16(21)22/h3-4,11H,1-2,5-10,12H2,(H,21,22). The van der Waals surface area contributed by atoms with Gasteiger partial charge in [-0.15, -0.1) is 0 Å². The summed E-state index contributed by atoms with van der Waals surface area (Å²) in [6, 6.07) is 6.51. The van der Waals surface area contributed by atoms with Crippen molar-refractivity contribution in [2.45, 2.75) is 19.4 Å². The minimum Gasteiger partial charge on any atom is -0.465 e. The monoisotopic (exact) mass is 367 g/mol. The molecule has 22 heavy (non-hydrogen) atoms. The molecule has 0 bridgehead atoms. The second kappa shape index (κ2) is 6.87. The SMILES string of the molecule is O=C(O)N1CCN(Cc2ccc(Br)cc2N2CCCC2)CC1. The van der Waals surface area contributed by atoms with Gasteiger partial charge in [0.25, 0.3) is 0 Å². The van der Waals surface area contributed by atoms with E-state index in [1.807, 2.05) is 0 Å². The first kappa shape index (κ1) is 15.6. The number of benzene rings is 1. The lowest BCUT2D eigenvalue weighted by molar-refractivity contribution is 0.103. The molecule has 3 rings (SSSR count). The third-order valence-corrected chi connectivity index (χ3v) is 5.02. The zero-order chi connectivity index (χ0) is 15.5. The molecule has 0 atom stereocenters. The van der Waals surface area contributed by atoms with Gasteiger partial charge in [-0.25, -0.2) is 4.79 Å². The second-order valence-electron chi connectivity index (χ2n) is 6.01. The van der Waals surface area contributed by atoms with Crippen LogP contribution in [0.3, 0.4) is 0 Å². The van der Waals surface area contributed by atoms with E-state index in [4.69, 9.17) is 5.11 Å². The van der Waals surface area contributed by atoms with E-state index in [-0.39, 0.29) is 0 Å². The number of halogens is 1. The Bertz CT molecular complexity index is 538. The van der Waals surface area contributed by atoms with E-state index in [0.29, 0.717) is 13.1 Å². The highest BCUT2D eigenvalue weighted by Gasteiger charge is 2.22. The average Bonchev–Trinajstić information content (AvgIpc) is 3.04. The molecule has 0 unspecified atom stereocenters. The fraction of sp³-hybridized carbons (Fsp3) is 0.562. The minimum absolute atomic E-state index is 0.602. The molecule has 1 N–H and O–H groups in total. The number of hydrogen-bond acceptors (Lipinski definition) is 3. The Morgan fingerprint density at radius 3 is 2.41 bits per heavy atom. The van der Waals surface area contributed by atoms with Gasteiger partial charge in [0.2, 0.25) is 0 Å². The van der Waals surface area contributed by atoms with Gasteiger partial charge in [-0.1, -0.05) is 22.0 Å². The molecule has 0 saturated carbocycles.